The van der Waals surface area contributed by atoms with Gasteiger partial charge in [-0.1, -0.05) is 18.2 Å². The Morgan fingerprint density at radius 2 is 1.79 bits per heavy atom. The Labute approximate surface area is 173 Å². The smallest absolute Gasteiger partial charge is 0.492 e. The predicted octanol–water partition coefficient (Wildman–Crippen LogP) is 3.94. The molecule has 7 nitrogen and oxygen atoms in total. The molecule has 29 heavy (non-hydrogen) atoms. The van der Waals surface area contributed by atoms with Crippen LogP contribution in [0.15, 0.2) is 23.7 Å². The number of benzene rings is 1. The zero-order valence-corrected chi connectivity index (χ0v) is 18.6. The molecule has 0 radical (unpaired) electrons. The lowest BCUT2D eigenvalue weighted by Gasteiger charge is -2.32. The molecule has 1 aliphatic rings. The highest BCUT2D eigenvalue weighted by molar-refractivity contribution is 6.56. The quantitative estimate of drug-likeness (QED) is 0.722. The van der Waals surface area contributed by atoms with Crippen LogP contribution in [0.25, 0.3) is 6.08 Å². The number of rotatable bonds is 5. The van der Waals surface area contributed by atoms with Crippen LogP contribution >= 0.6 is 0 Å². The third kappa shape index (κ3) is 5.67. The van der Waals surface area contributed by atoms with Crippen LogP contribution in [-0.2, 0) is 14.0 Å². The summed E-state index contributed by atoms with van der Waals surface area (Å²) in [4.78, 5) is 12.1. The molecule has 0 saturated carbocycles. The first kappa shape index (κ1) is 23.1. The Kier molecular flexibility index (Phi) is 6.60. The highest BCUT2D eigenvalue weighted by Gasteiger charge is 2.52. The van der Waals surface area contributed by atoms with Gasteiger partial charge in [0.2, 0.25) is 0 Å². The van der Waals surface area contributed by atoms with Crippen molar-refractivity contribution in [3.8, 4) is 11.5 Å². The summed E-state index contributed by atoms with van der Waals surface area (Å²) in [6.07, 6.45) is 1.19. The second kappa shape index (κ2) is 8.28. The van der Waals surface area contributed by atoms with Crippen LogP contribution in [0.4, 0.5) is 4.79 Å². The van der Waals surface area contributed by atoms with Gasteiger partial charge in [-0.05, 0) is 60.0 Å². The summed E-state index contributed by atoms with van der Waals surface area (Å²) in [7, 11) is 0.794. The second-order valence-electron chi connectivity index (χ2n) is 9.06. The molecule has 2 N–H and O–H groups in total. The molecule has 1 fully saturated rings. The predicted molar refractivity (Wildman–Crippen MR) is 113 cm³/mol. The van der Waals surface area contributed by atoms with Gasteiger partial charge in [0.05, 0.1) is 18.3 Å². The Morgan fingerprint density at radius 3 is 2.31 bits per heavy atom. The van der Waals surface area contributed by atoms with Gasteiger partial charge in [0, 0.05) is 12.1 Å². The minimum absolute atomic E-state index is 0.00119. The van der Waals surface area contributed by atoms with Crippen LogP contribution in [-0.4, -0.2) is 48.8 Å². The molecular formula is C21H32BNO6. The van der Waals surface area contributed by atoms with E-state index < -0.39 is 30.0 Å². The van der Waals surface area contributed by atoms with Crippen molar-refractivity contribution in [2.45, 2.75) is 65.3 Å². The molecular weight excluding hydrogens is 373 g/mol. The molecule has 0 spiro atoms. The van der Waals surface area contributed by atoms with Crippen molar-refractivity contribution >= 4 is 19.3 Å². The van der Waals surface area contributed by atoms with Crippen LogP contribution in [0.2, 0.25) is 0 Å². The maximum Gasteiger partial charge on any atom is 0.492 e. The Bertz CT molecular complexity index is 766. The maximum atomic E-state index is 12.1. The molecule has 8 heteroatoms. The Hall–Kier alpha value is -2.19. The van der Waals surface area contributed by atoms with Gasteiger partial charge in [-0.15, -0.1) is 0 Å². The minimum Gasteiger partial charge on any atom is -0.504 e. The SMILES string of the molecule is COc1cccc(C=C(CNC(=O)OC(C)(C)C)B2OC(C)(C)C(C)(C)O2)c1O. The number of aromatic hydroxyl groups is 1. The van der Waals surface area contributed by atoms with Crippen molar-refractivity contribution in [3.05, 3.63) is 29.2 Å². The fourth-order valence-electron chi connectivity index (χ4n) is 2.71. The molecule has 1 aromatic carbocycles. The number of carbonyl (C=O) groups excluding carboxylic acids is 1. The molecule has 2 rings (SSSR count). The number of para-hydroxylation sites is 1. The van der Waals surface area contributed by atoms with Crippen molar-refractivity contribution < 1.29 is 28.7 Å². The van der Waals surface area contributed by atoms with E-state index in [1.165, 1.54) is 7.11 Å². The van der Waals surface area contributed by atoms with E-state index in [2.05, 4.69) is 5.32 Å². The number of carbonyl (C=O) groups is 1. The van der Waals surface area contributed by atoms with Gasteiger partial charge in [-0.2, -0.15) is 0 Å². The summed E-state index contributed by atoms with van der Waals surface area (Å²) in [6, 6.07) is 5.18. The van der Waals surface area contributed by atoms with Gasteiger partial charge < -0.3 is 29.2 Å². The molecule has 0 unspecified atom stereocenters. The topological polar surface area (TPSA) is 86.3 Å². The van der Waals surface area contributed by atoms with Crippen LogP contribution in [0.5, 0.6) is 11.5 Å². The number of amides is 1. The Balaban J connectivity index is 2.33. The van der Waals surface area contributed by atoms with Crippen LogP contribution in [0, 0.1) is 0 Å². The van der Waals surface area contributed by atoms with Crippen molar-refractivity contribution in [2.75, 3.05) is 13.7 Å². The number of hydrogen-bond donors (Lipinski definition) is 2. The van der Waals surface area contributed by atoms with Gasteiger partial charge >= 0.3 is 13.2 Å². The first-order valence-corrected chi connectivity index (χ1v) is 9.65. The second-order valence-corrected chi connectivity index (χ2v) is 9.06. The molecule has 1 aliphatic heterocycles. The van der Waals surface area contributed by atoms with E-state index in [4.69, 9.17) is 18.8 Å². The normalized spacial score (nSPS) is 18.5. The van der Waals surface area contributed by atoms with Gasteiger partial charge in [0.15, 0.2) is 11.5 Å². The lowest BCUT2D eigenvalue weighted by atomic mass is 9.77. The largest absolute Gasteiger partial charge is 0.504 e. The van der Waals surface area contributed by atoms with Gasteiger partial charge in [-0.25, -0.2) is 4.79 Å². The summed E-state index contributed by atoms with van der Waals surface area (Å²) >= 11 is 0. The van der Waals surface area contributed by atoms with E-state index >= 15 is 0 Å². The number of phenolic OH excluding ortho intramolecular Hbond substituents is 1. The lowest BCUT2D eigenvalue weighted by Crippen LogP contribution is -2.41. The summed E-state index contributed by atoms with van der Waals surface area (Å²) < 4.78 is 22.8. The third-order valence-corrected chi connectivity index (χ3v) is 4.98. The van der Waals surface area contributed by atoms with Crippen molar-refractivity contribution in [1.29, 1.82) is 0 Å². The molecule has 0 bridgehead atoms. The molecule has 0 atom stereocenters. The number of nitrogens with one attached hydrogen (secondary N) is 1. The van der Waals surface area contributed by atoms with E-state index in [9.17, 15) is 9.90 Å². The van der Waals surface area contributed by atoms with Crippen molar-refractivity contribution in [2.24, 2.45) is 0 Å². The number of ether oxygens (including phenoxy) is 2. The summed E-state index contributed by atoms with van der Waals surface area (Å²) in [5.41, 5.74) is -0.528. The molecule has 0 aromatic heterocycles. The highest BCUT2D eigenvalue weighted by atomic mass is 16.7. The standard InChI is InChI=1S/C21H32BNO6/c1-19(2,3)27-18(25)23-13-15(22-28-20(4,5)21(6,7)29-22)12-14-10-9-11-16(26-8)17(14)24/h9-12,24H,13H2,1-8H3,(H,23,25). The summed E-state index contributed by atoms with van der Waals surface area (Å²) in [6.45, 7) is 13.3. The first-order chi connectivity index (χ1) is 13.3. The number of methoxy groups -OCH3 is 1. The lowest BCUT2D eigenvalue weighted by molar-refractivity contribution is 0.00578. The van der Waals surface area contributed by atoms with Crippen molar-refractivity contribution in [3.63, 3.8) is 0 Å². The van der Waals surface area contributed by atoms with E-state index in [0.717, 1.165) is 0 Å². The first-order valence-electron chi connectivity index (χ1n) is 9.65. The van der Waals surface area contributed by atoms with Crippen molar-refractivity contribution in [1.82, 2.24) is 5.32 Å². The Morgan fingerprint density at radius 1 is 1.21 bits per heavy atom. The van der Waals surface area contributed by atoms with Crippen LogP contribution in [0.3, 0.4) is 0 Å². The fraction of sp³-hybridized carbons (Fsp3) is 0.571. The average molecular weight is 405 g/mol. The van der Waals surface area contributed by atoms with Gasteiger partial charge in [-0.3, -0.25) is 0 Å². The van der Waals surface area contributed by atoms with E-state index in [1.807, 2.05) is 27.7 Å². The van der Waals surface area contributed by atoms with E-state index in [-0.39, 0.29) is 12.3 Å². The highest BCUT2D eigenvalue weighted by Crippen LogP contribution is 2.39. The van der Waals surface area contributed by atoms with E-state index in [1.54, 1.807) is 45.0 Å². The zero-order chi connectivity index (χ0) is 22.0. The van der Waals surface area contributed by atoms with Crippen LogP contribution in [0.1, 0.15) is 54.0 Å². The fourth-order valence-corrected chi connectivity index (χ4v) is 2.71. The molecule has 1 heterocycles. The van der Waals surface area contributed by atoms with Gasteiger partial charge in [0.25, 0.3) is 0 Å². The summed E-state index contributed by atoms with van der Waals surface area (Å²) in [5.74, 6) is 0.355. The molecule has 160 valence electrons. The van der Waals surface area contributed by atoms with E-state index in [0.29, 0.717) is 16.8 Å². The number of phenols is 1. The maximum absolute atomic E-state index is 12.1. The van der Waals surface area contributed by atoms with Crippen LogP contribution < -0.4 is 10.1 Å². The molecule has 1 aromatic rings. The molecule has 1 saturated heterocycles. The third-order valence-electron chi connectivity index (χ3n) is 4.98. The van der Waals surface area contributed by atoms with Gasteiger partial charge in [0.1, 0.15) is 5.60 Å². The minimum atomic E-state index is -0.694. The molecule has 1 amide bonds. The monoisotopic (exact) mass is 405 g/mol. The average Bonchev–Trinajstić information content (AvgIpc) is 2.79. The number of alkyl carbamates (subject to hydrolysis) is 1. The summed E-state index contributed by atoms with van der Waals surface area (Å²) in [5, 5.41) is 13.2. The number of hydrogen-bond acceptors (Lipinski definition) is 6. The molecule has 0 aliphatic carbocycles. The zero-order valence-electron chi connectivity index (χ0n) is 18.6.